The van der Waals surface area contributed by atoms with Crippen molar-refractivity contribution in [3.05, 3.63) is 29.4 Å². The number of rotatable bonds is 0. The summed E-state index contributed by atoms with van der Waals surface area (Å²) < 4.78 is 0.726. The number of nitrogens with zero attached hydrogens (tertiary/aromatic N) is 1. The minimum Gasteiger partial charge on any atom is -0.396 e. The minimum atomic E-state index is 0.564. The fourth-order valence-electron chi connectivity index (χ4n) is 0.630. The van der Waals surface area contributed by atoms with Gasteiger partial charge in [0.15, 0.2) is 0 Å². The molecule has 0 bridgehead atoms. The first-order valence-electron chi connectivity index (χ1n) is 2.94. The molecule has 11 heavy (non-hydrogen) atoms. The summed E-state index contributed by atoms with van der Waals surface area (Å²) in [4.78, 5) is 4.04. The number of halogens is 1. The highest BCUT2D eigenvalue weighted by atomic mass is 79.9. The van der Waals surface area contributed by atoms with Gasteiger partial charge in [0.2, 0.25) is 0 Å². The standard InChI is InChI=1S/C8H6BrN2/c1-2-3-7-6(10)4-5-8(9)11-7/h4-5H,1,10H2. The number of anilines is 1. The summed E-state index contributed by atoms with van der Waals surface area (Å²) in [7, 11) is 0. The SMILES string of the molecule is [CH2]C#Cc1nc(Br)ccc1N. The van der Waals surface area contributed by atoms with Crippen molar-refractivity contribution in [3.8, 4) is 11.8 Å². The summed E-state index contributed by atoms with van der Waals surface area (Å²) >= 11 is 3.21. The van der Waals surface area contributed by atoms with E-state index < -0.39 is 0 Å². The molecule has 0 aromatic carbocycles. The maximum atomic E-state index is 5.56. The lowest BCUT2D eigenvalue weighted by Crippen LogP contribution is -1.93. The van der Waals surface area contributed by atoms with Crippen LogP contribution in [0.4, 0.5) is 5.69 Å². The van der Waals surface area contributed by atoms with E-state index in [9.17, 15) is 0 Å². The molecule has 2 N–H and O–H groups in total. The van der Waals surface area contributed by atoms with Crippen molar-refractivity contribution in [2.24, 2.45) is 0 Å². The van der Waals surface area contributed by atoms with Gasteiger partial charge in [0.05, 0.1) is 5.69 Å². The zero-order valence-corrected chi connectivity index (χ0v) is 7.35. The molecule has 0 aliphatic heterocycles. The van der Waals surface area contributed by atoms with E-state index in [0.29, 0.717) is 11.4 Å². The molecule has 1 heterocycles. The Balaban J connectivity index is 3.19. The Morgan fingerprint density at radius 3 is 2.91 bits per heavy atom. The molecule has 0 aliphatic carbocycles. The maximum Gasteiger partial charge on any atom is 0.137 e. The zero-order valence-electron chi connectivity index (χ0n) is 5.76. The number of nitrogens with two attached hydrogens (primary N) is 1. The summed E-state index contributed by atoms with van der Waals surface area (Å²) in [6.07, 6.45) is 0. The normalized spacial score (nSPS) is 8.55. The van der Waals surface area contributed by atoms with Crippen molar-refractivity contribution in [1.29, 1.82) is 0 Å². The Morgan fingerprint density at radius 1 is 1.55 bits per heavy atom. The number of nitrogen functional groups attached to an aromatic ring is 1. The molecule has 0 amide bonds. The van der Waals surface area contributed by atoms with Gasteiger partial charge in [-0.2, -0.15) is 0 Å². The largest absolute Gasteiger partial charge is 0.396 e. The third-order valence-electron chi connectivity index (χ3n) is 1.10. The summed E-state index contributed by atoms with van der Waals surface area (Å²) in [5, 5.41) is 0. The van der Waals surface area contributed by atoms with Gasteiger partial charge in [-0.15, -0.1) is 0 Å². The molecule has 0 fully saturated rings. The van der Waals surface area contributed by atoms with Crippen LogP contribution >= 0.6 is 15.9 Å². The average Bonchev–Trinajstić information content (AvgIpc) is 1.98. The first-order valence-corrected chi connectivity index (χ1v) is 3.73. The van der Waals surface area contributed by atoms with Crippen molar-refractivity contribution in [2.45, 2.75) is 0 Å². The van der Waals surface area contributed by atoms with Crippen LogP contribution in [0.2, 0.25) is 0 Å². The van der Waals surface area contributed by atoms with Crippen molar-refractivity contribution < 1.29 is 0 Å². The van der Waals surface area contributed by atoms with Crippen molar-refractivity contribution in [2.75, 3.05) is 5.73 Å². The number of hydrogen-bond donors (Lipinski definition) is 1. The van der Waals surface area contributed by atoms with E-state index >= 15 is 0 Å². The van der Waals surface area contributed by atoms with E-state index in [1.165, 1.54) is 0 Å². The highest BCUT2D eigenvalue weighted by molar-refractivity contribution is 9.10. The quantitative estimate of drug-likeness (QED) is 0.521. The lowest BCUT2D eigenvalue weighted by Gasteiger charge is -1.96. The predicted octanol–water partition coefficient (Wildman–Crippen LogP) is 1.61. The lowest BCUT2D eigenvalue weighted by atomic mass is 10.3. The molecular weight excluding hydrogens is 204 g/mol. The third-order valence-corrected chi connectivity index (χ3v) is 1.54. The maximum absolute atomic E-state index is 5.56. The van der Waals surface area contributed by atoms with Crippen molar-refractivity contribution in [3.63, 3.8) is 0 Å². The Hall–Kier alpha value is -1.01. The molecule has 0 saturated heterocycles. The van der Waals surface area contributed by atoms with E-state index in [1.54, 1.807) is 12.1 Å². The van der Waals surface area contributed by atoms with E-state index in [0.717, 1.165) is 4.60 Å². The summed E-state index contributed by atoms with van der Waals surface area (Å²) in [5.41, 5.74) is 6.70. The molecule has 1 aromatic rings. The number of hydrogen-bond acceptors (Lipinski definition) is 2. The van der Waals surface area contributed by atoms with Crippen LogP contribution in [-0.2, 0) is 0 Å². The van der Waals surface area contributed by atoms with Gasteiger partial charge in [0.25, 0.3) is 0 Å². The number of pyridine rings is 1. The van der Waals surface area contributed by atoms with Gasteiger partial charge >= 0.3 is 0 Å². The first-order chi connectivity index (χ1) is 5.24. The van der Waals surface area contributed by atoms with Crippen LogP contribution in [-0.4, -0.2) is 4.98 Å². The van der Waals surface area contributed by atoms with Crippen LogP contribution in [0.5, 0.6) is 0 Å². The molecule has 0 saturated carbocycles. The molecule has 2 nitrogen and oxygen atoms in total. The van der Waals surface area contributed by atoms with E-state index in [4.69, 9.17) is 5.73 Å². The van der Waals surface area contributed by atoms with Gasteiger partial charge in [-0.05, 0) is 34.0 Å². The Morgan fingerprint density at radius 2 is 2.27 bits per heavy atom. The molecule has 1 rings (SSSR count). The summed E-state index contributed by atoms with van der Waals surface area (Å²) in [5.74, 6) is 5.18. The molecule has 3 heteroatoms. The molecule has 55 valence electrons. The fourth-order valence-corrected chi connectivity index (χ4v) is 0.939. The Kier molecular flexibility index (Phi) is 2.50. The fraction of sp³-hybridized carbons (Fsp3) is 0. The second kappa shape index (κ2) is 3.40. The molecule has 1 aromatic heterocycles. The Bertz CT molecular complexity index is 323. The van der Waals surface area contributed by atoms with Gasteiger partial charge in [0.1, 0.15) is 10.3 Å². The molecule has 0 spiro atoms. The molecule has 0 unspecified atom stereocenters. The average molecular weight is 210 g/mol. The van der Waals surface area contributed by atoms with Gasteiger partial charge in [-0.25, -0.2) is 4.98 Å². The number of aromatic nitrogens is 1. The van der Waals surface area contributed by atoms with E-state index in [-0.39, 0.29) is 0 Å². The second-order valence-corrected chi connectivity index (χ2v) is 2.69. The van der Waals surface area contributed by atoms with Crippen LogP contribution in [0.15, 0.2) is 16.7 Å². The highest BCUT2D eigenvalue weighted by Crippen LogP contribution is 2.12. The smallest absolute Gasteiger partial charge is 0.137 e. The van der Waals surface area contributed by atoms with Gasteiger partial charge in [0, 0.05) is 6.92 Å². The predicted molar refractivity (Wildman–Crippen MR) is 48.6 cm³/mol. The van der Waals surface area contributed by atoms with Crippen LogP contribution in [0.25, 0.3) is 0 Å². The third kappa shape index (κ3) is 1.95. The van der Waals surface area contributed by atoms with E-state index in [2.05, 4.69) is 39.7 Å². The highest BCUT2D eigenvalue weighted by Gasteiger charge is 1.96. The van der Waals surface area contributed by atoms with Gasteiger partial charge < -0.3 is 5.73 Å². The Labute approximate surface area is 74.0 Å². The molecule has 1 radical (unpaired) electrons. The van der Waals surface area contributed by atoms with Crippen LogP contribution < -0.4 is 5.73 Å². The van der Waals surface area contributed by atoms with Crippen LogP contribution in [0.1, 0.15) is 5.69 Å². The summed E-state index contributed by atoms with van der Waals surface area (Å²) in [6.45, 7) is 3.38. The van der Waals surface area contributed by atoms with E-state index in [1.807, 2.05) is 0 Å². The molecule has 0 atom stereocenters. The van der Waals surface area contributed by atoms with Gasteiger partial charge in [-0.3, -0.25) is 0 Å². The van der Waals surface area contributed by atoms with Crippen molar-refractivity contribution in [1.82, 2.24) is 4.98 Å². The minimum absolute atomic E-state index is 0.564. The zero-order chi connectivity index (χ0) is 8.27. The summed E-state index contributed by atoms with van der Waals surface area (Å²) in [6, 6.07) is 3.51. The lowest BCUT2D eigenvalue weighted by molar-refractivity contribution is 1.25. The second-order valence-electron chi connectivity index (χ2n) is 1.87. The van der Waals surface area contributed by atoms with Gasteiger partial charge in [-0.1, -0.05) is 5.92 Å². The molecule has 0 aliphatic rings. The molecular formula is C8H6BrN2. The van der Waals surface area contributed by atoms with Crippen LogP contribution in [0, 0.1) is 18.8 Å². The topological polar surface area (TPSA) is 38.9 Å². The van der Waals surface area contributed by atoms with Crippen LogP contribution in [0.3, 0.4) is 0 Å². The monoisotopic (exact) mass is 209 g/mol. The first kappa shape index (κ1) is 8.09. The van der Waals surface area contributed by atoms with Crippen molar-refractivity contribution >= 4 is 21.6 Å².